The maximum atomic E-state index is 12.8. The molecule has 30 heavy (non-hydrogen) atoms. The molecule has 1 N–H and O–H groups in total. The van der Waals surface area contributed by atoms with Crippen LogP contribution in [0.4, 0.5) is 11.4 Å². The van der Waals surface area contributed by atoms with Gasteiger partial charge in [0.15, 0.2) is 5.78 Å². The number of hydrogen-bond acceptors (Lipinski definition) is 3. The van der Waals surface area contributed by atoms with Crippen LogP contribution in [0.15, 0.2) is 83.3 Å². The summed E-state index contributed by atoms with van der Waals surface area (Å²) in [6.45, 7) is 0.478. The smallest absolute Gasteiger partial charge is 0.239 e. The first kappa shape index (κ1) is 20.0. The van der Waals surface area contributed by atoms with Crippen molar-refractivity contribution >= 4 is 44.9 Å². The second kappa shape index (κ2) is 8.63. The quantitative estimate of drug-likeness (QED) is 0.442. The first-order chi connectivity index (χ1) is 14.5. The van der Waals surface area contributed by atoms with Crippen molar-refractivity contribution in [2.75, 3.05) is 16.8 Å². The summed E-state index contributed by atoms with van der Waals surface area (Å²) in [4.78, 5) is 39.9. The van der Waals surface area contributed by atoms with Crippen molar-refractivity contribution in [3.63, 3.8) is 0 Å². The van der Waals surface area contributed by atoms with Gasteiger partial charge in [0.2, 0.25) is 11.8 Å². The van der Waals surface area contributed by atoms with Gasteiger partial charge in [0.1, 0.15) is 5.92 Å². The molecule has 1 aliphatic heterocycles. The number of benzene rings is 3. The molecule has 3 aromatic carbocycles. The number of rotatable bonds is 5. The molecular weight excluding hydrogens is 444 g/mol. The van der Waals surface area contributed by atoms with Crippen LogP contribution in [0.2, 0.25) is 0 Å². The van der Waals surface area contributed by atoms with Crippen molar-refractivity contribution < 1.29 is 14.4 Å². The minimum atomic E-state index is -0.759. The van der Waals surface area contributed by atoms with E-state index in [4.69, 9.17) is 0 Å². The number of anilines is 2. The maximum absolute atomic E-state index is 12.8. The molecule has 0 saturated carbocycles. The molecule has 2 amide bonds. The summed E-state index contributed by atoms with van der Waals surface area (Å²) in [6, 6.07) is 23.2. The molecule has 1 atom stereocenters. The van der Waals surface area contributed by atoms with E-state index in [1.807, 2.05) is 30.3 Å². The maximum Gasteiger partial charge on any atom is 0.239 e. The van der Waals surface area contributed by atoms with E-state index in [0.29, 0.717) is 29.8 Å². The van der Waals surface area contributed by atoms with Gasteiger partial charge >= 0.3 is 0 Å². The third-order valence-electron chi connectivity index (χ3n) is 5.09. The third-order valence-corrected chi connectivity index (χ3v) is 5.76. The normalized spacial score (nSPS) is 15.8. The predicted octanol–water partition coefficient (Wildman–Crippen LogP) is 4.67. The number of nitrogens with zero attached hydrogens (tertiary/aromatic N) is 1. The topological polar surface area (TPSA) is 66.5 Å². The van der Waals surface area contributed by atoms with Crippen molar-refractivity contribution in [3.8, 4) is 0 Å². The monoisotopic (exact) mass is 462 g/mol. The average molecular weight is 463 g/mol. The zero-order valence-electron chi connectivity index (χ0n) is 16.0. The van der Waals surface area contributed by atoms with Gasteiger partial charge in [-0.15, -0.1) is 0 Å². The van der Waals surface area contributed by atoms with Gasteiger partial charge in [-0.1, -0.05) is 54.6 Å². The van der Waals surface area contributed by atoms with Gasteiger partial charge in [-0.2, -0.15) is 0 Å². The predicted molar refractivity (Wildman–Crippen MR) is 120 cm³/mol. The van der Waals surface area contributed by atoms with Crippen molar-refractivity contribution in [1.29, 1.82) is 0 Å². The van der Waals surface area contributed by atoms with Crippen molar-refractivity contribution in [1.82, 2.24) is 0 Å². The average Bonchev–Trinajstić information content (AvgIpc) is 3.15. The molecule has 0 spiro atoms. The molecule has 1 fully saturated rings. The third kappa shape index (κ3) is 4.04. The fraction of sp³-hybridized carbons (Fsp3) is 0.125. The zero-order chi connectivity index (χ0) is 21.1. The Labute approximate surface area is 182 Å². The molecule has 4 rings (SSSR count). The molecule has 0 radical (unpaired) electrons. The standard InChI is InChI=1S/C24H19BrN2O3/c25-20-11-4-5-12-21(20)27-14-13-19(24(27)30)23(29)26-18-10-6-9-17(15-18)22(28)16-7-2-1-3-8-16/h1-12,15,19H,13-14H2,(H,26,29). The summed E-state index contributed by atoms with van der Waals surface area (Å²) in [5, 5.41) is 2.80. The molecule has 0 aromatic heterocycles. The Morgan fingerprint density at radius 1 is 0.900 bits per heavy atom. The van der Waals surface area contributed by atoms with Gasteiger partial charge in [0, 0.05) is 27.8 Å². The first-order valence-corrected chi connectivity index (χ1v) is 10.4. The van der Waals surface area contributed by atoms with E-state index in [-0.39, 0.29) is 17.6 Å². The van der Waals surface area contributed by atoms with Crippen LogP contribution >= 0.6 is 15.9 Å². The van der Waals surface area contributed by atoms with Gasteiger partial charge in [0.05, 0.1) is 5.69 Å². The van der Waals surface area contributed by atoms with Crippen LogP contribution in [0.1, 0.15) is 22.3 Å². The Balaban J connectivity index is 1.48. The van der Waals surface area contributed by atoms with Gasteiger partial charge < -0.3 is 10.2 Å². The summed E-state index contributed by atoms with van der Waals surface area (Å²) in [6.07, 6.45) is 0.439. The number of nitrogens with one attached hydrogen (secondary N) is 1. The van der Waals surface area contributed by atoms with Crippen LogP contribution in [-0.2, 0) is 9.59 Å². The fourth-order valence-electron chi connectivity index (χ4n) is 3.56. The van der Waals surface area contributed by atoms with E-state index >= 15 is 0 Å². The lowest BCUT2D eigenvalue weighted by Gasteiger charge is -2.18. The SMILES string of the molecule is O=C(c1ccccc1)c1cccc(NC(=O)C2CCN(c3ccccc3Br)C2=O)c1. The minimum Gasteiger partial charge on any atom is -0.325 e. The lowest BCUT2D eigenvalue weighted by molar-refractivity contribution is -0.129. The zero-order valence-corrected chi connectivity index (χ0v) is 17.6. The second-order valence-electron chi connectivity index (χ2n) is 7.05. The van der Waals surface area contributed by atoms with E-state index in [0.717, 1.165) is 10.2 Å². The Kier molecular flexibility index (Phi) is 5.77. The Bertz CT molecular complexity index is 1110. The van der Waals surface area contributed by atoms with E-state index in [1.165, 1.54) is 0 Å². The summed E-state index contributed by atoms with van der Waals surface area (Å²) in [5.41, 5.74) is 2.31. The number of amides is 2. The molecule has 150 valence electrons. The van der Waals surface area contributed by atoms with Crippen LogP contribution in [-0.4, -0.2) is 24.1 Å². The van der Waals surface area contributed by atoms with Crippen LogP contribution in [0.5, 0.6) is 0 Å². The highest BCUT2D eigenvalue weighted by molar-refractivity contribution is 9.10. The van der Waals surface area contributed by atoms with Crippen LogP contribution < -0.4 is 10.2 Å². The van der Waals surface area contributed by atoms with E-state index in [2.05, 4.69) is 21.2 Å². The van der Waals surface area contributed by atoms with E-state index in [9.17, 15) is 14.4 Å². The Hall–Kier alpha value is -3.25. The summed E-state index contributed by atoms with van der Waals surface area (Å²) >= 11 is 3.46. The molecule has 1 heterocycles. The second-order valence-corrected chi connectivity index (χ2v) is 7.90. The van der Waals surface area contributed by atoms with Crippen molar-refractivity contribution in [2.24, 2.45) is 5.92 Å². The molecule has 6 heteroatoms. The van der Waals surface area contributed by atoms with Crippen LogP contribution in [0, 0.1) is 5.92 Å². The number of ketones is 1. The lowest BCUT2D eigenvalue weighted by atomic mass is 10.0. The van der Waals surface area contributed by atoms with Gasteiger partial charge in [-0.3, -0.25) is 14.4 Å². The highest BCUT2D eigenvalue weighted by Gasteiger charge is 2.38. The molecule has 5 nitrogen and oxygen atoms in total. The molecule has 1 aliphatic rings. The number of carbonyl (C=O) groups is 3. The molecular formula is C24H19BrN2O3. The number of para-hydroxylation sites is 1. The van der Waals surface area contributed by atoms with Crippen molar-refractivity contribution in [2.45, 2.75) is 6.42 Å². The van der Waals surface area contributed by atoms with Gasteiger partial charge in [-0.25, -0.2) is 0 Å². The molecule has 3 aromatic rings. The number of halogens is 1. The van der Waals surface area contributed by atoms with E-state index < -0.39 is 5.92 Å². The fourth-order valence-corrected chi connectivity index (χ4v) is 4.06. The number of hydrogen-bond donors (Lipinski definition) is 1. The summed E-state index contributed by atoms with van der Waals surface area (Å²) < 4.78 is 0.812. The van der Waals surface area contributed by atoms with Gasteiger partial charge in [-0.05, 0) is 46.6 Å². The van der Waals surface area contributed by atoms with E-state index in [1.54, 1.807) is 53.4 Å². The lowest BCUT2D eigenvalue weighted by Crippen LogP contribution is -2.33. The van der Waals surface area contributed by atoms with Crippen molar-refractivity contribution in [3.05, 3.63) is 94.5 Å². The highest BCUT2D eigenvalue weighted by Crippen LogP contribution is 2.31. The molecule has 1 unspecified atom stereocenters. The Morgan fingerprint density at radius 2 is 1.60 bits per heavy atom. The summed E-state index contributed by atoms with van der Waals surface area (Å²) in [5.74, 6) is -1.47. The minimum absolute atomic E-state index is 0.122. The van der Waals surface area contributed by atoms with Crippen LogP contribution in [0.3, 0.4) is 0 Å². The number of carbonyl (C=O) groups excluding carboxylic acids is 3. The first-order valence-electron chi connectivity index (χ1n) is 9.61. The molecule has 1 saturated heterocycles. The molecule has 0 bridgehead atoms. The van der Waals surface area contributed by atoms with Gasteiger partial charge in [0.25, 0.3) is 0 Å². The molecule has 0 aliphatic carbocycles. The summed E-state index contributed by atoms with van der Waals surface area (Å²) in [7, 11) is 0. The largest absolute Gasteiger partial charge is 0.325 e. The van der Waals surface area contributed by atoms with Crippen LogP contribution in [0.25, 0.3) is 0 Å². The highest BCUT2D eigenvalue weighted by atomic mass is 79.9. The Morgan fingerprint density at radius 3 is 2.37 bits per heavy atom.